The zero-order chi connectivity index (χ0) is 23.0. The SMILES string of the molecule is CC(C)OC(=O)c1ccc2c(c1)C(=O)N(c1ccc(Oc3ccc(Cl)cc3)c(Cl)c1)C2=O. The van der Waals surface area contributed by atoms with Gasteiger partial charge in [0.25, 0.3) is 11.8 Å². The molecule has 0 aliphatic carbocycles. The Labute approximate surface area is 194 Å². The molecule has 1 heterocycles. The number of hydrogen-bond donors (Lipinski definition) is 0. The van der Waals surface area contributed by atoms with E-state index in [0.717, 1.165) is 4.90 Å². The number of benzene rings is 3. The van der Waals surface area contributed by atoms with Crippen molar-refractivity contribution in [2.24, 2.45) is 0 Å². The van der Waals surface area contributed by atoms with Crippen LogP contribution in [0.3, 0.4) is 0 Å². The second-order valence-corrected chi connectivity index (χ2v) is 8.17. The lowest BCUT2D eigenvalue weighted by Gasteiger charge is -2.16. The number of anilines is 1. The molecule has 1 aliphatic heterocycles. The molecule has 0 bridgehead atoms. The number of ether oxygens (including phenoxy) is 2. The van der Waals surface area contributed by atoms with E-state index < -0.39 is 17.8 Å². The van der Waals surface area contributed by atoms with E-state index in [2.05, 4.69) is 0 Å². The minimum atomic E-state index is -0.562. The molecule has 0 saturated heterocycles. The van der Waals surface area contributed by atoms with Gasteiger partial charge in [-0.15, -0.1) is 0 Å². The lowest BCUT2D eigenvalue weighted by atomic mass is 10.1. The molecule has 32 heavy (non-hydrogen) atoms. The maximum absolute atomic E-state index is 13.0. The highest BCUT2D eigenvalue weighted by Crippen LogP contribution is 2.36. The maximum Gasteiger partial charge on any atom is 0.338 e. The molecule has 0 radical (unpaired) electrons. The number of esters is 1. The van der Waals surface area contributed by atoms with Crippen LogP contribution in [0.25, 0.3) is 0 Å². The summed E-state index contributed by atoms with van der Waals surface area (Å²) in [5, 5.41) is 0.792. The molecule has 1 aliphatic rings. The van der Waals surface area contributed by atoms with Crippen LogP contribution in [0, 0.1) is 0 Å². The fourth-order valence-corrected chi connectivity index (χ4v) is 3.56. The first-order valence-corrected chi connectivity index (χ1v) is 10.5. The molecule has 0 saturated carbocycles. The van der Waals surface area contributed by atoms with E-state index in [4.69, 9.17) is 32.7 Å². The van der Waals surface area contributed by atoms with Gasteiger partial charge in [0.15, 0.2) is 0 Å². The van der Waals surface area contributed by atoms with E-state index in [1.165, 1.54) is 24.3 Å². The monoisotopic (exact) mass is 469 g/mol. The molecule has 0 spiro atoms. The van der Waals surface area contributed by atoms with Crippen LogP contribution in [-0.4, -0.2) is 23.9 Å². The summed E-state index contributed by atoms with van der Waals surface area (Å²) in [5.74, 6) is -0.727. The Morgan fingerprint density at radius 1 is 0.875 bits per heavy atom. The van der Waals surface area contributed by atoms with Gasteiger partial charge in [0.05, 0.1) is 33.5 Å². The highest BCUT2D eigenvalue weighted by Gasteiger charge is 2.37. The van der Waals surface area contributed by atoms with Crippen molar-refractivity contribution in [3.63, 3.8) is 0 Å². The fraction of sp³-hybridized carbons (Fsp3) is 0.125. The third-order valence-corrected chi connectivity index (χ3v) is 5.23. The number of carbonyl (C=O) groups excluding carboxylic acids is 3. The minimum absolute atomic E-state index is 0.130. The summed E-state index contributed by atoms with van der Waals surface area (Å²) in [7, 11) is 0. The third-order valence-electron chi connectivity index (χ3n) is 4.68. The zero-order valence-electron chi connectivity index (χ0n) is 17.1. The average Bonchev–Trinajstić information content (AvgIpc) is 3.00. The third kappa shape index (κ3) is 4.20. The van der Waals surface area contributed by atoms with Gasteiger partial charge < -0.3 is 9.47 Å². The zero-order valence-corrected chi connectivity index (χ0v) is 18.6. The Hall–Kier alpha value is -3.35. The molecule has 0 atom stereocenters. The van der Waals surface area contributed by atoms with Crippen LogP contribution in [0.2, 0.25) is 10.0 Å². The number of rotatable bonds is 5. The first kappa shape index (κ1) is 21.9. The molecule has 6 nitrogen and oxygen atoms in total. The number of nitrogens with zero attached hydrogens (tertiary/aromatic N) is 1. The normalized spacial score (nSPS) is 12.8. The lowest BCUT2D eigenvalue weighted by molar-refractivity contribution is 0.0377. The van der Waals surface area contributed by atoms with Crippen molar-refractivity contribution in [3.8, 4) is 11.5 Å². The highest BCUT2D eigenvalue weighted by atomic mass is 35.5. The first-order valence-electron chi connectivity index (χ1n) is 9.71. The van der Waals surface area contributed by atoms with Gasteiger partial charge in [-0.2, -0.15) is 0 Å². The van der Waals surface area contributed by atoms with E-state index in [9.17, 15) is 14.4 Å². The van der Waals surface area contributed by atoms with E-state index in [0.29, 0.717) is 16.5 Å². The summed E-state index contributed by atoms with van der Waals surface area (Å²) < 4.78 is 10.9. The Balaban J connectivity index is 1.60. The van der Waals surface area contributed by atoms with Crippen LogP contribution in [0.15, 0.2) is 60.7 Å². The molecule has 0 unspecified atom stereocenters. The van der Waals surface area contributed by atoms with Crippen molar-refractivity contribution in [1.82, 2.24) is 0 Å². The Bertz CT molecular complexity index is 1240. The van der Waals surface area contributed by atoms with Crippen LogP contribution in [0.1, 0.15) is 44.9 Å². The van der Waals surface area contributed by atoms with Gasteiger partial charge in [-0.3, -0.25) is 9.59 Å². The Kier molecular flexibility index (Phi) is 5.91. The van der Waals surface area contributed by atoms with Crippen LogP contribution in [0.5, 0.6) is 11.5 Å². The summed E-state index contributed by atoms with van der Waals surface area (Å²) in [6.07, 6.45) is -0.305. The van der Waals surface area contributed by atoms with Crippen LogP contribution >= 0.6 is 23.2 Å². The van der Waals surface area contributed by atoms with E-state index in [-0.39, 0.29) is 33.5 Å². The summed E-state index contributed by atoms with van der Waals surface area (Å²) in [4.78, 5) is 39.1. The molecule has 162 valence electrons. The molecule has 0 aromatic heterocycles. The molecule has 0 fully saturated rings. The number of imide groups is 1. The molecule has 8 heteroatoms. The molecule has 4 rings (SSSR count). The number of carbonyl (C=O) groups is 3. The van der Waals surface area contributed by atoms with Crippen LogP contribution in [0.4, 0.5) is 5.69 Å². The quantitative estimate of drug-likeness (QED) is 0.330. The summed E-state index contributed by atoms with van der Waals surface area (Å²) in [6, 6.07) is 15.7. The predicted molar refractivity (Wildman–Crippen MR) is 121 cm³/mol. The van der Waals surface area contributed by atoms with Gasteiger partial charge >= 0.3 is 5.97 Å². The van der Waals surface area contributed by atoms with E-state index >= 15 is 0 Å². The van der Waals surface area contributed by atoms with Crippen molar-refractivity contribution < 1.29 is 23.9 Å². The van der Waals surface area contributed by atoms with Crippen LogP contribution in [-0.2, 0) is 4.74 Å². The largest absolute Gasteiger partial charge is 0.459 e. The lowest BCUT2D eigenvalue weighted by Crippen LogP contribution is -2.29. The fourth-order valence-electron chi connectivity index (χ4n) is 3.23. The molecule has 2 amide bonds. The Morgan fingerprint density at radius 3 is 2.22 bits per heavy atom. The number of fused-ring (bicyclic) bond motifs is 1. The standard InChI is InChI=1S/C24H17Cl2NO5/c1-13(2)31-24(30)14-3-9-18-19(11-14)23(29)27(22(18)28)16-6-10-21(20(26)12-16)32-17-7-4-15(25)5-8-17/h3-13H,1-2H3. The maximum atomic E-state index is 13.0. The van der Waals surface area contributed by atoms with Gasteiger partial charge in [-0.1, -0.05) is 23.2 Å². The van der Waals surface area contributed by atoms with Crippen molar-refractivity contribution in [2.75, 3.05) is 4.90 Å². The molecular formula is C24H17Cl2NO5. The predicted octanol–water partition coefficient (Wildman–Crippen LogP) is 6.15. The number of hydrogen-bond acceptors (Lipinski definition) is 5. The minimum Gasteiger partial charge on any atom is -0.459 e. The van der Waals surface area contributed by atoms with Gasteiger partial charge in [-0.25, -0.2) is 9.69 Å². The van der Waals surface area contributed by atoms with Gasteiger partial charge in [0.1, 0.15) is 11.5 Å². The smallest absolute Gasteiger partial charge is 0.338 e. The number of amides is 2. The van der Waals surface area contributed by atoms with Crippen molar-refractivity contribution in [1.29, 1.82) is 0 Å². The first-order chi connectivity index (χ1) is 15.2. The molecular weight excluding hydrogens is 453 g/mol. The molecule has 3 aromatic rings. The Morgan fingerprint density at radius 2 is 1.56 bits per heavy atom. The molecule has 0 N–H and O–H groups in total. The summed E-state index contributed by atoms with van der Waals surface area (Å²) in [5.41, 5.74) is 0.820. The van der Waals surface area contributed by atoms with Crippen molar-refractivity contribution in [3.05, 3.63) is 87.4 Å². The van der Waals surface area contributed by atoms with Gasteiger partial charge in [-0.05, 0) is 74.5 Å². The summed E-state index contributed by atoms with van der Waals surface area (Å²) in [6.45, 7) is 3.46. The average molecular weight is 470 g/mol. The van der Waals surface area contributed by atoms with Crippen LogP contribution < -0.4 is 9.64 Å². The van der Waals surface area contributed by atoms with Gasteiger partial charge in [0.2, 0.25) is 0 Å². The molecule has 3 aromatic carbocycles. The van der Waals surface area contributed by atoms with E-state index in [1.54, 1.807) is 50.2 Å². The topological polar surface area (TPSA) is 72.9 Å². The van der Waals surface area contributed by atoms with Crippen molar-refractivity contribution >= 4 is 46.7 Å². The van der Waals surface area contributed by atoms with Crippen molar-refractivity contribution in [2.45, 2.75) is 20.0 Å². The second kappa shape index (κ2) is 8.65. The van der Waals surface area contributed by atoms with E-state index in [1.807, 2.05) is 0 Å². The second-order valence-electron chi connectivity index (χ2n) is 7.33. The number of halogens is 2. The van der Waals surface area contributed by atoms with Gasteiger partial charge in [0, 0.05) is 5.02 Å². The highest BCUT2D eigenvalue weighted by molar-refractivity contribution is 6.36. The summed E-state index contributed by atoms with van der Waals surface area (Å²) >= 11 is 12.2.